The summed E-state index contributed by atoms with van der Waals surface area (Å²) in [5.74, 6) is -0.313. The van der Waals surface area contributed by atoms with Crippen molar-refractivity contribution in [3.8, 4) is 5.69 Å². The van der Waals surface area contributed by atoms with Crippen molar-refractivity contribution in [2.75, 3.05) is 13.2 Å². The van der Waals surface area contributed by atoms with Crippen molar-refractivity contribution < 1.29 is 14.3 Å². The molecule has 1 aromatic heterocycles. The van der Waals surface area contributed by atoms with E-state index in [1.54, 1.807) is 17.8 Å². The summed E-state index contributed by atoms with van der Waals surface area (Å²) in [6, 6.07) is 9.72. The van der Waals surface area contributed by atoms with E-state index in [4.69, 9.17) is 4.74 Å². The molecular formula is C17H21N3O3. The van der Waals surface area contributed by atoms with Crippen LogP contribution >= 0.6 is 0 Å². The molecule has 6 heteroatoms. The van der Waals surface area contributed by atoms with Crippen LogP contribution in [0.25, 0.3) is 5.69 Å². The molecule has 0 unspecified atom stereocenters. The van der Waals surface area contributed by atoms with Crippen molar-refractivity contribution in [2.45, 2.75) is 26.2 Å². The Bertz CT molecular complexity index is 638. The predicted octanol–water partition coefficient (Wildman–Crippen LogP) is 1.87. The maximum atomic E-state index is 11.9. The molecule has 1 heterocycles. The van der Waals surface area contributed by atoms with Gasteiger partial charge in [0.15, 0.2) is 0 Å². The van der Waals surface area contributed by atoms with Crippen molar-refractivity contribution >= 4 is 11.9 Å². The average molecular weight is 315 g/mol. The van der Waals surface area contributed by atoms with Crippen molar-refractivity contribution in [3.63, 3.8) is 0 Å². The molecule has 0 aliphatic rings. The Balaban J connectivity index is 1.74. The van der Waals surface area contributed by atoms with Gasteiger partial charge >= 0.3 is 5.97 Å². The van der Waals surface area contributed by atoms with E-state index in [0.717, 1.165) is 11.3 Å². The summed E-state index contributed by atoms with van der Waals surface area (Å²) in [6.07, 6.45) is 4.69. The normalized spacial score (nSPS) is 10.3. The Morgan fingerprint density at radius 2 is 2.04 bits per heavy atom. The number of carbonyl (C=O) groups excluding carboxylic acids is 2. The van der Waals surface area contributed by atoms with Gasteiger partial charge in [-0.05, 0) is 31.0 Å². The first-order chi connectivity index (χ1) is 11.2. The molecule has 2 aromatic rings. The van der Waals surface area contributed by atoms with Crippen LogP contribution in [0, 0.1) is 0 Å². The molecule has 6 nitrogen and oxygen atoms in total. The molecule has 1 N–H and O–H groups in total. The fourth-order valence-corrected chi connectivity index (χ4v) is 2.11. The molecule has 0 aliphatic heterocycles. The molecule has 0 radical (unpaired) electrons. The number of rotatable bonds is 8. The molecule has 0 saturated heterocycles. The van der Waals surface area contributed by atoms with Gasteiger partial charge in [0, 0.05) is 19.2 Å². The van der Waals surface area contributed by atoms with E-state index in [-0.39, 0.29) is 18.3 Å². The molecule has 0 saturated carbocycles. The van der Waals surface area contributed by atoms with Crippen molar-refractivity contribution in [1.82, 2.24) is 15.1 Å². The third kappa shape index (κ3) is 5.58. The highest BCUT2D eigenvalue weighted by Crippen LogP contribution is 2.08. The standard InChI is InChI=1S/C17H21N3O3/c1-2-23-17(22)9-6-10-18-16(21)11-14-12-19-20(13-14)15-7-4-3-5-8-15/h3-5,7-8,12-13H,2,6,9-11H2,1H3,(H,18,21). The second-order valence-corrected chi connectivity index (χ2v) is 5.06. The van der Waals surface area contributed by atoms with Crippen molar-refractivity contribution in [3.05, 3.63) is 48.3 Å². The zero-order chi connectivity index (χ0) is 16.5. The minimum absolute atomic E-state index is 0.0820. The van der Waals surface area contributed by atoms with E-state index in [1.807, 2.05) is 36.5 Å². The van der Waals surface area contributed by atoms with E-state index in [9.17, 15) is 9.59 Å². The number of amides is 1. The second kappa shape index (κ2) is 8.73. The lowest BCUT2D eigenvalue weighted by molar-refractivity contribution is -0.143. The number of hydrogen-bond donors (Lipinski definition) is 1. The number of carbonyl (C=O) groups is 2. The van der Waals surface area contributed by atoms with Crippen LogP contribution in [-0.4, -0.2) is 34.8 Å². The van der Waals surface area contributed by atoms with Crippen LogP contribution in [0.5, 0.6) is 0 Å². The Kier molecular flexibility index (Phi) is 6.35. The number of hydrogen-bond acceptors (Lipinski definition) is 4. The Morgan fingerprint density at radius 3 is 2.78 bits per heavy atom. The van der Waals surface area contributed by atoms with Gasteiger partial charge in [-0.15, -0.1) is 0 Å². The number of para-hydroxylation sites is 1. The summed E-state index contributed by atoms with van der Waals surface area (Å²) in [7, 11) is 0. The van der Waals surface area contributed by atoms with Crippen LogP contribution in [0.1, 0.15) is 25.3 Å². The number of nitrogens with zero attached hydrogens (tertiary/aromatic N) is 2. The van der Waals surface area contributed by atoms with Gasteiger partial charge in [0.25, 0.3) is 0 Å². The van der Waals surface area contributed by atoms with E-state index < -0.39 is 0 Å². The van der Waals surface area contributed by atoms with Gasteiger partial charge < -0.3 is 10.1 Å². The topological polar surface area (TPSA) is 73.2 Å². The molecule has 1 aromatic carbocycles. The SMILES string of the molecule is CCOC(=O)CCCNC(=O)Cc1cnn(-c2ccccc2)c1. The van der Waals surface area contributed by atoms with Crippen molar-refractivity contribution in [1.29, 1.82) is 0 Å². The summed E-state index contributed by atoms with van der Waals surface area (Å²) in [6.45, 7) is 2.62. The first-order valence-electron chi connectivity index (χ1n) is 7.70. The Hall–Kier alpha value is -2.63. The van der Waals surface area contributed by atoms with Gasteiger partial charge in [0.1, 0.15) is 0 Å². The minimum Gasteiger partial charge on any atom is -0.466 e. The van der Waals surface area contributed by atoms with Crippen molar-refractivity contribution in [2.24, 2.45) is 0 Å². The molecule has 0 spiro atoms. The van der Waals surface area contributed by atoms with Crippen LogP contribution in [0.2, 0.25) is 0 Å². The fourth-order valence-electron chi connectivity index (χ4n) is 2.11. The lowest BCUT2D eigenvalue weighted by Gasteiger charge is -2.04. The molecule has 2 rings (SSSR count). The molecule has 0 fully saturated rings. The number of ether oxygens (including phenoxy) is 1. The molecular weight excluding hydrogens is 294 g/mol. The van der Waals surface area contributed by atoms with Gasteiger partial charge in [-0.2, -0.15) is 5.10 Å². The van der Waals surface area contributed by atoms with Gasteiger partial charge in [0.2, 0.25) is 5.91 Å². The Labute approximate surface area is 135 Å². The molecule has 122 valence electrons. The average Bonchev–Trinajstić information content (AvgIpc) is 3.01. The van der Waals surface area contributed by atoms with Gasteiger partial charge in [0.05, 0.1) is 24.9 Å². The minimum atomic E-state index is -0.231. The first-order valence-corrected chi connectivity index (χ1v) is 7.70. The summed E-state index contributed by atoms with van der Waals surface area (Å²) in [5, 5.41) is 7.05. The zero-order valence-corrected chi connectivity index (χ0v) is 13.2. The summed E-state index contributed by atoms with van der Waals surface area (Å²) in [4.78, 5) is 23.0. The van der Waals surface area contributed by atoms with Crippen LogP contribution in [0.3, 0.4) is 0 Å². The lowest BCUT2D eigenvalue weighted by Crippen LogP contribution is -2.26. The van der Waals surface area contributed by atoms with E-state index in [0.29, 0.717) is 26.0 Å². The van der Waals surface area contributed by atoms with E-state index in [1.165, 1.54) is 0 Å². The number of benzene rings is 1. The monoisotopic (exact) mass is 315 g/mol. The summed E-state index contributed by atoms with van der Waals surface area (Å²) < 4.78 is 6.57. The highest BCUT2D eigenvalue weighted by Gasteiger charge is 2.07. The number of esters is 1. The van der Waals surface area contributed by atoms with Crippen LogP contribution < -0.4 is 5.32 Å². The highest BCUT2D eigenvalue weighted by molar-refractivity contribution is 5.78. The molecule has 1 amide bonds. The largest absolute Gasteiger partial charge is 0.466 e. The molecule has 0 atom stereocenters. The van der Waals surface area contributed by atoms with Gasteiger partial charge in [-0.3, -0.25) is 9.59 Å². The number of aromatic nitrogens is 2. The lowest BCUT2D eigenvalue weighted by atomic mass is 10.2. The van der Waals surface area contributed by atoms with Crippen LogP contribution in [-0.2, 0) is 20.7 Å². The first kappa shape index (κ1) is 16.7. The van der Waals surface area contributed by atoms with Crippen LogP contribution in [0.15, 0.2) is 42.7 Å². The molecule has 0 bridgehead atoms. The zero-order valence-electron chi connectivity index (χ0n) is 13.2. The second-order valence-electron chi connectivity index (χ2n) is 5.06. The molecule has 0 aliphatic carbocycles. The maximum Gasteiger partial charge on any atom is 0.305 e. The number of nitrogens with one attached hydrogen (secondary N) is 1. The fraction of sp³-hybridized carbons (Fsp3) is 0.353. The van der Waals surface area contributed by atoms with Gasteiger partial charge in [-0.1, -0.05) is 18.2 Å². The smallest absolute Gasteiger partial charge is 0.305 e. The quantitative estimate of drug-likeness (QED) is 0.596. The predicted molar refractivity (Wildman–Crippen MR) is 86.1 cm³/mol. The summed E-state index contributed by atoms with van der Waals surface area (Å²) in [5.41, 5.74) is 1.80. The third-order valence-electron chi connectivity index (χ3n) is 3.21. The molecule has 23 heavy (non-hydrogen) atoms. The van der Waals surface area contributed by atoms with Gasteiger partial charge in [-0.25, -0.2) is 4.68 Å². The highest BCUT2D eigenvalue weighted by atomic mass is 16.5. The van der Waals surface area contributed by atoms with Crippen LogP contribution in [0.4, 0.5) is 0 Å². The Morgan fingerprint density at radius 1 is 1.26 bits per heavy atom. The van der Waals surface area contributed by atoms with E-state index in [2.05, 4.69) is 10.4 Å². The van der Waals surface area contributed by atoms with E-state index >= 15 is 0 Å². The maximum absolute atomic E-state index is 11.9. The summed E-state index contributed by atoms with van der Waals surface area (Å²) >= 11 is 0. The third-order valence-corrected chi connectivity index (χ3v) is 3.21.